The second kappa shape index (κ2) is 25.1. The smallest absolute Gasteiger partial charge is 0.266 e. The van der Waals surface area contributed by atoms with Crippen LogP contribution in [0.1, 0.15) is 142 Å². The molecule has 0 radical (unpaired) electrons. The van der Waals surface area contributed by atoms with Gasteiger partial charge in [0.1, 0.15) is 0 Å². The Hall–Kier alpha value is -1.18. The van der Waals surface area contributed by atoms with Gasteiger partial charge in [0.25, 0.3) is 10.1 Å². The van der Waals surface area contributed by atoms with Crippen molar-refractivity contribution in [2.45, 2.75) is 154 Å². The van der Waals surface area contributed by atoms with Gasteiger partial charge >= 0.3 is 0 Å². The Morgan fingerprint density at radius 1 is 0.730 bits per heavy atom. The minimum atomic E-state index is -4.30. The first kappa shape index (κ1) is 35.8. The summed E-state index contributed by atoms with van der Waals surface area (Å²) in [5, 5.41) is 13.2. The van der Waals surface area contributed by atoms with Crippen molar-refractivity contribution in [2.24, 2.45) is 0 Å². The van der Waals surface area contributed by atoms with E-state index in [1.807, 2.05) is 0 Å². The van der Waals surface area contributed by atoms with Crippen molar-refractivity contribution >= 4 is 16.0 Å². The summed E-state index contributed by atoms with van der Waals surface area (Å²) < 4.78 is 32.1. The molecule has 7 heteroatoms. The molecule has 2 atom stereocenters. The topological polar surface area (TPSA) is 104 Å². The molecule has 37 heavy (non-hydrogen) atoms. The predicted molar refractivity (Wildman–Crippen MR) is 156 cm³/mol. The lowest BCUT2D eigenvalue weighted by molar-refractivity contribution is -0.122. The lowest BCUT2D eigenvalue weighted by Gasteiger charge is -2.23. The molecule has 0 aromatic heterocycles. The molecule has 0 aliphatic carbocycles. The monoisotopic (exact) mass is 543 g/mol. The molecule has 0 heterocycles. The number of unbranched alkanes of at least 4 members (excludes halogenated alkanes) is 14. The van der Waals surface area contributed by atoms with E-state index in [0.717, 1.165) is 70.6 Å². The Bertz CT molecular complexity index is 690. The number of hydrogen-bond donors (Lipinski definition) is 3. The van der Waals surface area contributed by atoms with Crippen LogP contribution in [0.2, 0.25) is 0 Å². The largest absolute Gasteiger partial charge is 0.391 e. The molecule has 0 spiro atoms. The summed E-state index contributed by atoms with van der Waals surface area (Å²) in [6.45, 7) is 4.39. The quantitative estimate of drug-likeness (QED) is 0.0590. The average molecular weight is 544 g/mol. The van der Waals surface area contributed by atoms with Gasteiger partial charge in [-0.15, -0.1) is 0 Å². The third kappa shape index (κ3) is 26.2. The Balaban J connectivity index is 4.06. The Morgan fingerprint density at radius 2 is 1.27 bits per heavy atom. The number of aliphatic hydroxyl groups excluding tert-OH is 1. The minimum Gasteiger partial charge on any atom is -0.391 e. The fraction of sp³-hybridized carbons (Fsp3) is 0.833. The molecule has 2 unspecified atom stereocenters. The molecule has 0 saturated heterocycles. The van der Waals surface area contributed by atoms with Crippen LogP contribution in [0, 0.1) is 0 Å². The normalized spacial score (nSPS) is 13.9. The van der Waals surface area contributed by atoms with Gasteiger partial charge in [0.15, 0.2) is 0 Å². The molecule has 0 rings (SSSR count). The summed E-state index contributed by atoms with van der Waals surface area (Å²) in [6, 6.07) is -0.972. The number of hydrogen-bond acceptors (Lipinski definition) is 4. The molecule has 6 nitrogen and oxygen atoms in total. The lowest BCUT2D eigenvalue weighted by atomic mass is 10.0. The maximum Gasteiger partial charge on any atom is 0.266 e. The highest BCUT2D eigenvalue weighted by Crippen LogP contribution is 2.14. The number of amides is 1. The van der Waals surface area contributed by atoms with Crippen molar-refractivity contribution in [2.75, 3.05) is 5.75 Å². The molecule has 0 aromatic rings. The fourth-order valence-electron chi connectivity index (χ4n) is 4.37. The summed E-state index contributed by atoms with van der Waals surface area (Å²) in [5.74, 6) is -0.918. The number of rotatable bonds is 26. The Labute approximate surface area is 228 Å². The first-order chi connectivity index (χ1) is 17.8. The van der Waals surface area contributed by atoms with E-state index < -0.39 is 28.0 Å². The van der Waals surface area contributed by atoms with E-state index in [2.05, 4.69) is 43.5 Å². The molecule has 1 amide bonds. The Morgan fingerprint density at radius 3 is 1.86 bits per heavy atom. The highest BCUT2D eigenvalue weighted by atomic mass is 32.2. The SMILES string of the molecule is CCC/C=C\C/C=C\CCCCCCCC(=O)NC(CS(=O)(=O)O)C(O)CCCCCCCCCCC. The second-order valence-corrected chi connectivity index (χ2v) is 11.9. The van der Waals surface area contributed by atoms with Crippen LogP contribution in [0.25, 0.3) is 0 Å². The molecular formula is C30H57NO5S. The molecule has 218 valence electrons. The third-order valence-corrected chi connectivity index (χ3v) is 7.42. The number of nitrogens with one attached hydrogen (secondary N) is 1. The van der Waals surface area contributed by atoms with E-state index in [4.69, 9.17) is 0 Å². The van der Waals surface area contributed by atoms with Gasteiger partial charge in [-0.2, -0.15) is 8.42 Å². The van der Waals surface area contributed by atoms with Crippen molar-refractivity contribution in [1.82, 2.24) is 5.32 Å². The molecule has 0 fully saturated rings. The average Bonchev–Trinajstić information content (AvgIpc) is 2.84. The van der Waals surface area contributed by atoms with Crippen LogP contribution in [-0.2, 0) is 14.9 Å². The minimum absolute atomic E-state index is 0.265. The van der Waals surface area contributed by atoms with Crippen molar-refractivity contribution in [3.05, 3.63) is 24.3 Å². The molecule has 0 bridgehead atoms. The number of allylic oxidation sites excluding steroid dienone is 4. The van der Waals surface area contributed by atoms with Gasteiger partial charge in [0.2, 0.25) is 5.91 Å². The van der Waals surface area contributed by atoms with Crippen molar-refractivity contribution in [1.29, 1.82) is 0 Å². The molecule has 0 aromatic carbocycles. The predicted octanol–water partition coefficient (Wildman–Crippen LogP) is 7.67. The molecule has 0 saturated carbocycles. The van der Waals surface area contributed by atoms with Gasteiger partial charge in [-0.25, -0.2) is 0 Å². The van der Waals surface area contributed by atoms with Gasteiger partial charge < -0.3 is 10.4 Å². The molecule has 0 aliphatic rings. The van der Waals surface area contributed by atoms with Crippen LogP contribution in [0.4, 0.5) is 0 Å². The van der Waals surface area contributed by atoms with Gasteiger partial charge in [-0.1, -0.05) is 122 Å². The van der Waals surface area contributed by atoms with E-state index in [1.54, 1.807) is 0 Å². The maximum absolute atomic E-state index is 12.4. The zero-order chi connectivity index (χ0) is 27.6. The van der Waals surface area contributed by atoms with Crippen LogP contribution in [0.3, 0.4) is 0 Å². The first-order valence-electron chi connectivity index (χ1n) is 15.0. The van der Waals surface area contributed by atoms with Crippen LogP contribution >= 0.6 is 0 Å². The molecule has 0 aliphatic heterocycles. The zero-order valence-corrected chi connectivity index (χ0v) is 24.7. The Kier molecular flexibility index (Phi) is 24.3. The summed E-state index contributed by atoms with van der Waals surface area (Å²) >= 11 is 0. The van der Waals surface area contributed by atoms with Crippen LogP contribution in [0.5, 0.6) is 0 Å². The second-order valence-electron chi connectivity index (χ2n) is 10.4. The zero-order valence-electron chi connectivity index (χ0n) is 23.8. The van der Waals surface area contributed by atoms with Crippen LogP contribution < -0.4 is 5.32 Å². The fourth-order valence-corrected chi connectivity index (χ4v) is 5.13. The van der Waals surface area contributed by atoms with Crippen molar-refractivity contribution in [3.63, 3.8) is 0 Å². The van der Waals surface area contributed by atoms with E-state index >= 15 is 0 Å². The van der Waals surface area contributed by atoms with Gasteiger partial charge in [0, 0.05) is 6.42 Å². The highest BCUT2D eigenvalue weighted by molar-refractivity contribution is 7.85. The number of carbonyl (C=O) groups is 1. The first-order valence-corrected chi connectivity index (χ1v) is 16.6. The van der Waals surface area contributed by atoms with Gasteiger partial charge in [-0.3, -0.25) is 9.35 Å². The molecular weight excluding hydrogens is 486 g/mol. The lowest BCUT2D eigenvalue weighted by Crippen LogP contribution is -2.47. The number of carbonyl (C=O) groups excluding carboxylic acids is 1. The van der Waals surface area contributed by atoms with E-state index in [1.165, 1.54) is 44.9 Å². The molecule has 3 N–H and O–H groups in total. The number of aliphatic hydroxyl groups is 1. The summed E-state index contributed by atoms with van der Waals surface area (Å²) in [4.78, 5) is 12.4. The van der Waals surface area contributed by atoms with Gasteiger partial charge in [-0.05, 0) is 38.5 Å². The van der Waals surface area contributed by atoms with Crippen LogP contribution in [0.15, 0.2) is 24.3 Å². The van der Waals surface area contributed by atoms with Crippen molar-refractivity contribution in [3.8, 4) is 0 Å². The van der Waals surface area contributed by atoms with Crippen LogP contribution in [-0.4, -0.2) is 41.9 Å². The highest BCUT2D eigenvalue weighted by Gasteiger charge is 2.26. The maximum atomic E-state index is 12.4. The summed E-state index contributed by atoms with van der Waals surface area (Å²) in [5.41, 5.74) is 0. The van der Waals surface area contributed by atoms with E-state index in [9.17, 15) is 22.9 Å². The van der Waals surface area contributed by atoms with Crippen molar-refractivity contribution < 1.29 is 22.9 Å². The summed E-state index contributed by atoms with van der Waals surface area (Å²) in [7, 11) is -4.30. The van der Waals surface area contributed by atoms with E-state index in [0.29, 0.717) is 12.8 Å². The summed E-state index contributed by atoms with van der Waals surface area (Å²) in [6.07, 6.45) is 28.4. The standard InChI is InChI=1S/C30H57NO5S/c1-3-5-7-9-11-13-14-15-16-18-20-22-24-26-30(33)31-28(27-37(34,35)36)29(32)25-23-21-19-17-12-10-8-6-4-2/h7,9,13-14,28-29,32H,3-6,8,10-12,15-27H2,1-2H3,(H,31,33)(H,34,35,36)/b9-7-,14-13-. The van der Waals surface area contributed by atoms with Gasteiger partial charge in [0.05, 0.1) is 17.9 Å². The van der Waals surface area contributed by atoms with E-state index in [-0.39, 0.29) is 5.91 Å². The third-order valence-electron chi connectivity index (χ3n) is 6.64.